The Hall–Kier alpha value is -2.41. The molecule has 1 saturated carbocycles. The average Bonchev–Trinajstić information content (AvgIpc) is 2.68. The van der Waals surface area contributed by atoms with Crippen LogP contribution in [-0.4, -0.2) is 6.36 Å². The van der Waals surface area contributed by atoms with E-state index in [-0.39, 0.29) is 5.75 Å². The van der Waals surface area contributed by atoms with Crippen molar-refractivity contribution in [3.05, 3.63) is 54.1 Å². The highest BCUT2D eigenvalue weighted by molar-refractivity contribution is 5.65. The maximum absolute atomic E-state index is 12.2. The van der Waals surface area contributed by atoms with Crippen LogP contribution in [0.5, 0.6) is 5.75 Å². The second-order valence-corrected chi connectivity index (χ2v) is 7.43. The van der Waals surface area contributed by atoms with Crippen LogP contribution in [0.25, 0.3) is 11.1 Å². The zero-order valence-corrected chi connectivity index (χ0v) is 16.1. The van der Waals surface area contributed by atoms with Crippen molar-refractivity contribution < 1.29 is 17.9 Å². The van der Waals surface area contributed by atoms with Gasteiger partial charge in [0.25, 0.3) is 0 Å². The topological polar surface area (TPSA) is 9.23 Å². The third-order valence-corrected chi connectivity index (χ3v) is 5.27. The molecule has 0 radical (unpaired) electrons. The molecule has 3 rings (SSSR count). The molecule has 28 heavy (non-hydrogen) atoms. The summed E-state index contributed by atoms with van der Waals surface area (Å²) in [5, 5.41) is 0. The first-order valence-electron chi connectivity index (χ1n) is 9.90. The molecule has 0 bridgehead atoms. The van der Waals surface area contributed by atoms with Crippen molar-refractivity contribution >= 4 is 0 Å². The van der Waals surface area contributed by atoms with Crippen molar-refractivity contribution in [1.82, 2.24) is 0 Å². The van der Waals surface area contributed by atoms with Crippen molar-refractivity contribution in [2.24, 2.45) is 11.8 Å². The second-order valence-electron chi connectivity index (χ2n) is 7.43. The molecule has 2 aromatic rings. The van der Waals surface area contributed by atoms with Gasteiger partial charge in [0.15, 0.2) is 0 Å². The third-order valence-electron chi connectivity index (χ3n) is 5.27. The monoisotopic (exact) mass is 386 g/mol. The van der Waals surface area contributed by atoms with Gasteiger partial charge in [0, 0.05) is 11.5 Å². The minimum absolute atomic E-state index is 0.215. The molecule has 0 saturated heterocycles. The van der Waals surface area contributed by atoms with E-state index in [1.807, 2.05) is 24.3 Å². The van der Waals surface area contributed by atoms with Gasteiger partial charge in [0.05, 0.1) is 0 Å². The normalized spacial score (nSPS) is 19.6. The summed E-state index contributed by atoms with van der Waals surface area (Å²) in [7, 11) is 0. The Morgan fingerprint density at radius 2 is 1.46 bits per heavy atom. The maximum Gasteiger partial charge on any atom is 0.573 e. The first kappa shape index (κ1) is 20.3. The van der Waals surface area contributed by atoms with Gasteiger partial charge in [-0.1, -0.05) is 55.9 Å². The average molecular weight is 386 g/mol. The first-order valence-corrected chi connectivity index (χ1v) is 9.90. The summed E-state index contributed by atoms with van der Waals surface area (Å²) in [6.07, 6.45) is 2.91. The van der Waals surface area contributed by atoms with E-state index in [2.05, 4.69) is 23.5 Å². The molecule has 0 aliphatic heterocycles. The Morgan fingerprint density at radius 1 is 0.893 bits per heavy atom. The third kappa shape index (κ3) is 6.05. The molecule has 4 heteroatoms. The van der Waals surface area contributed by atoms with E-state index in [1.165, 1.54) is 50.7 Å². The van der Waals surface area contributed by atoms with Crippen LogP contribution in [0.3, 0.4) is 0 Å². The Bertz CT molecular complexity index is 802. The molecule has 1 nitrogen and oxygen atoms in total. The molecule has 0 heterocycles. The van der Waals surface area contributed by atoms with E-state index in [0.717, 1.165) is 22.6 Å². The lowest BCUT2D eigenvalue weighted by atomic mass is 9.80. The summed E-state index contributed by atoms with van der Waals surface area (Å²) in [6, 6.07) is 13.7. The van der Waals surface area contributed by atoms with Crippen LogP contribution in [0.4, 0.5) is 13.2 Å². The number of hydrogen-bond donors (Lipinski definition) is 0. The van der Waals surface area contributed by atoms with Gasteiger partial charge < -0.3 is 4.74 Å². The number of ether oxygens (including phenoxy) is 1. The lowest BCUT2D eigenvalue weighted by molar-refractivity contribution is -0.274. The molecule has 0 aromatic heterocycles. The Labute approximate surface area is 164 Å². The molecule has 0 N–H and O–H groups in total. The van der Waals surface area contributed by atoms with Crippen molar-refractivity contribution in [1.29, 1.82) is 0 Å². The summed E-state index contributed by atoms with van der Waals surface area (Å²) >= 11 is 0. The highest BCUT2D eigenvalue weighted by Crippen LogP contribution is 2.31. The van der Waals surface area contributed by atoms with Gasteiger partial charge >= 0.3 is 6.36 Å². The van der Waals surface area contributed by atoms with E-state index in [4.69, 9.17) is 0 Å². The molecule has 1 fully saturated rings. The Balaban J connectivity index is 1.59. The quantitative estimate of drug-likeness (QED) is 0.505. The van der Waals surface area contributed by atoms with Gasteiger partial charge in [-0.15, -0.1) is 13.2 Å². The molecule has 1 aliphatic carbocycles. The zero-order chi connectivity index (χ0) is 20.0. The summed E-state index contributed by atoms with van der Waals surface area (Å²) in [6.45, 7) is 2.25. The molecule has 148 valence electrons. The van der Waals surface area contributed by atoms with Crippen LogP contribution in [0, 0.1) is 23.7 Å². The standard InChI is InChI=1S/C24H25F3O/c1-2-3-18-4-6-19(7-5-18)8-9-20-10-12-21(13-11-20)22-14-16-23(17-15-22)28-24(25,26)27/h10-19H,2-7H2,1H3/t18-,19-. The molecule has 0 atom stereocenters. The van der Waals surface area contributed by atoms with Gasteiger partial charge in [-0.25, -0.2) is 0 Å². The minimum Gasteiger partial charge on any atom is -0.406 e. The van der Waals surface area contributed by atoms with E-state index in [1.54, 1.807) is 12.1 Å². The van der Waals surface area contributed by atoms with Crippen LogP contribution in [-0.2, 0) is 0 Å². The molecular formula is C24H25F3O. The van der Waals surface area contributed by atoms with Crippen LogP contribution < -0.4 is 4.74 Å². The van der Waals surface area contributed by atoms with Gasteiger partial charge in [-0.2, -0.15) is 0 Å². The summed E-state index contributed by atoms with van der Waals surface area (Å²) in [4.78, 5) is 0. The highest BCUT2D eigenvalue weighted by Gasteiger charge is 2.30. The van der Waals surface area contributed by atoms with E-state index < -0.39 is 6.36 Å². The fourth-order valence-electron chi connectivity index (χ4n) is 3.78. The zero-order valence-electron chi connectivity index (χ0n) is 16.1. The number of hydrogen-bond acceptors (Lipinski definition) is 1. The van der Waals surface area contributed by atoms with Gasteiger partial charge in [-0.3, -0.25) is 0 Å². The van der Waals surface area contributed by atoms with Crippen LogP contribution >= 0.6 is 0 Å². The fraction of sp³-hybridized carbons (Fsp3) is 0.417. The molecule has 0 amide bonds. The molecule has 0 unspecified atom stereocenters. The lowest BCUT2D eigenvalue weighted by Crippen LogP contribution is -2.16. The fourth-order valence-corrected chi connectivity index (χ4v) is 3.78. The van der Waals surface area contributed by atoms with Crippen molar-refractivity contribution in [3.8, 4) is 28.7 Å². The Morgan fingerprint density at radius 3 is 2.00 bits per heavy atom. The summed E-state index contributed by atoms with van der Waals surface area (Å²) < 4.78 is 40.6. The van der Waals surface area contributed by atoms with Crippen molar-refractivity contribution in [2.75, 3.05) is 0 Å². The van der Waals surface area contributed by atoms with Gasteiger partial charge in [0.2, 0.25) is 0 Å². The second kappa shape index (κ2) is 9.19. The number of benzene rings is 2. The van der Waals surface area contributed by atoms with Crippen molar-refractivity contribution in [2.45, 2.75) is 51.8 Å². The molecule has 0 spiro atoms. The van der Waals surface area contributed by atoms with Crippen LogP contribution in [0.15, 0.2) is 48.5 Å². The van der Waals surface area contributed by atoms with Gasteiger partial charge in [0.1, 0.15) is 5.75 Å². The van der Waals surface area contributed by atoms with E-state index in [9.17, 15) is 13.2 Å². The predicted molar refractivity (Wildman–Crippen MR) is 106 cm³/mol. The number of alkyl halides is 3. The molecular weight excluding hydrogens is 361 g/mol. The maximum atomic E-state index is 12.2. The SMILES string of the molecule is CCC[C@H]1CC[C@H](C#Cc2ccc(-c3ccc(OC(F)(F)F)cc3)cc2)CC1. The highest BCUT2D eigenvalue weighted by atomic mass is 19.4. The first-order chi connectivity index (χ1) is 13.4. The van der Waals surface area contributed by atoms with E-state index >= 15 is 0 Å². The largest absolute Gasteiger partial charge is 0.573 e. The predicted octanol–water partition coefficient (Wildman–Crippen LogP) is 7.21. The molecule has 1 aliphatic rings. The summed E-state index contributed by atoms with van der Waals surface area (Å²) in [5.74, 6) is 7.86. The lowest BCUT2D eigenvalue weighted by Gasteiger charge is -2.25. The van der Waals surface area contributed by atoms with Gasteiger partial charge in [-0.05, 0) is 67.0 Å². The van der Waals surface area contributed by atoms with E-state index in [0.29, 0.717) is 5.92 Å². The minimum atomic E-state index is -4.67. The summed E-state index contributed by atoms with van der Waals surface area (Å²) in [5.41, 5.74) is 2.74. The molecule has 2 aromatic carbocycles. The van der Waals surface area contributed by atoms with Crippen molar-refractivity contribution in [3.63, 3.8) is 0 Å². The number of rotatable bonds is 4. The van der Waals surface area contributed by atoms with Crippen LogP contribution in [0.2, 0.25) is 0 Å². The van der Waals surface area contributed by atoms with Crippen LogP contribution in [0.1, 0.15) is 51.0 Å². The smallest absolute Gasteiger partial charge is 0.406 e. The number of halogens is 3. The Kier molecular flexibility index (Phi) is 6.67.